The van der Waals surface area contributed by atoms with Crippen LogP contribution in [0.25, 0.3) is 11.0 Å². The van der Waals surface area contributed by atoms with Crippen LogP contribution in [0.1, 0.15) is 37.9 Å². The number of anilines is 3. The lowest BCUT2D eigenvalue weighted by Gasteiger charge is -2.25. The van der Waals surface area contributed by atoms with E-state index in [4.69, 9.17) is 15.1 Å². The van der Waals surface area contributed by atoms with Crippen molar-refractivity contribution in [2.24, 2.45) is 4.99 Å². The van der Waals surface area contributed by atoms with E-state index >= 15 is 0 Å². The molecule has 1 aromatic carbocycles. The summed E-state index contributed by atoms with van der Waals surface area (Å²) in [7, 11) is 0. The molecule has 0 bridgehead atoms. The first-order valence-corrected chi connectivity index (χ1v) is 12.9. The molecule has 4 N–H and O–H groups in total. The minimum Gasteiger partial charge on any atom is -0.461 e. The molecule has 10 nitrogen and oxygen atoms in total. The number of rotatable bonds is 5. The number of benzene rings is 1. The average molecular weight is 504 g/mol. The summed E-state index contributed by atoms with van der Waals surface area (Å²) >= 11 is 0. The van der Waals surface area contributed by atoms with Gasteiger partial charge in [-0.05, 0) is 75.4 Å². The number of likely N-dealkylation sites (tertiary alicyclic amines) is 2. The molecule has 4 heterocycles. The van der Waals surface area contributed by atoms with Crippen LogP contribution in [-0.2, 0) is 9.59 Å². The van der Waals surface area contributed by atoms with Gasteiger partial charge >= 0.3 is 0 Å². The lowest BCUT2D eigenvalue weighted by Crippen LogP contribution is -2.45. The predicted octanol–water partition coefficient (Wildman–Crippen LogP) is 3.60. The Morgan fingerprint density at radius 2 is 1.92 bits per heavy atom. The number of aromatic nitrogens is 1. The zero-order valence-corrected chi connectivity index (χ0v) is 21.1. The summed E-state index contributed by atoms with van der Waals surface area (Å²) in [5, 5.41) is 7.46. The molecule has 0 unspecified atom stereocenters. The molecule has 2 saturated heterocycles. The molecule has 2 amide bonds. The molecule has 0 radical (unpaired) electrons. The van der Waals surface area contributed by atoms with Crippen molar-refractivity contribution in [3.63, 3.8) is 0 Å². The normalized spacial score (nSPS) is 18.8. The molecule has 2 aliphatic rings. The number of nitrogen functional groups attached to an aromatic ring is 1. The number of carbonyl (C=O) groups excluding carboxylic acids is 2. The van der Waals surface area contributed by atoms with Crippen molar-refractivity contribution in [1.29, 1.82) is 0 Å². The third-order valence-electron chi connectivity index (χ3n) is 6.74. The second kappa shape index (κ2) is 10.9. The van der Waals surface area contributed by atoms with Crippen LogP contribution in [0, 0.1) is 6.92 Å². The number of pyridine rings is 1. The number of fused-ring (bicyclic) bond motifs is 1. The monoisotopic (exact) mass is 503 g/mol. The van der Waals surface area contributed by atoms with E-state index in [-0.39, 0.29) is 18.4 Å². The van der Waals surface area contributed by atoms with E-state index in [1.165, 1.54) is 0 Å². The second-order valence-corrected chi connectivity index (χ2v) is 9.64. The summed E-state index contributed by atoms with van der Waals surface area (Å²) in [5.41, 5.74) is 7.45. The Balaban J connectivity index is 1.40. The van der Waals surface area contributed by atoms with Crippen LogP contribution in [0.2, 0.25) is 0 Å². The van der Waals surface area contributed by atoms with Crippen molar-refractivity contribution in [2.75, 3.05) is 42.5 Å². The molecule has 1 atom stereocenters. The van der Waals surface area contributed by atoms with Gasteiger partial charge in [0.15, 0.2) is 0 Å². The fraction of sp³-hybridized carbons (Fsp3) is 0.407. The molecule has 37 heavy (non-hydrogen) atoms. The van der Waals surface area contributed by atoms with Crippen LogP contribution < -0.4 is 16.4 Å². The quantitative estimate of drug-likeness (QED) is 0.358. The number of nitrogens with zero attached hydrogens (tertiary/aromatic N) is 4. The van der Waals surface area contributed by atoms with Crippen LogP contribution in [-0.4, -0.2) is 64.8 Å². The SMILES string of the molecule is Cc1cc2cc(NC(=N[C@H]3CCCCN(CC(=O)N4CCCC4)C3=O)Nc3cccc(N)n3)ccc2o1. The summed E-state index contributed by atoms with van der Waals surface area (Å²) in [6, 6.07) is 12.4. The molecular weight excluding hydrogens is 470 g/mol. The molecule has 5 rings (SSSR count). The van der Waals surface area contributed by atoms with Gasteiger partial charge in [0, 0.05) is 30.7 Å². The molecular formula is C27H33N7O3. The predicted molar refractivity (Wildman–Crippen MR) is 144 cm³/mol. The topological polar surface area (TPSA) is 129 Å². The highest BCUT2D eigenvalue weighted by atomic mass is 16.3. The van der Waals surface area contributed by atoms with Gasteiger partial charge in [0.25, 0.3) is 0 Å². The number of furan rings is 1. The number of nitrogens with one attached hydrogen (secondary N) is 2. The summed E-state index contributed by atoms with van der Waals surface area (Å²) in [6.45, 7) is 4.12. The van der Waals surface area contributed by atoms with Gasteiger partial charge in [-0.15, -0.1) is 0 Å². The molecule has 2 fully saturated rings. The lowest BCUT2D eigenvalue weighted by atomic mass is 10.1. The number of carbonyl (C=O) groups is 2. The van der Waals surface area contributed by atoms with E-state index in [9.17, 15) is 9.59 Å². The fourth-order valence-corrected chi connectivity index (χ4v) is 4.88. The van der Waals surface area contributed by atoms with Crippen LogP contribution in [0.5, 0.6) is 0 Å². The number of nitrogens with two attached hydrogens (primary N) is 1. The van der Waals surface area contributed by atoms with Crippen LogP contribution >= 0.6 is 0 Å². The second-order valence-electron chi connectivity index (χ2n) is 9.64. The first-order valence-electron chi connectivity index (χ1n) is 12.9. The van der Waals surface area contributed by atoms with Gasteiger partial charge in [-0.2, -0.15) is 0 Å². The maximum Gasteiger partial charge on any atom is 0.247 e. The molecule has 10 heteroatoms. The summed E-state index contributed by atoms with van der Waals surface area (Å²) in [5.74, 6) is 1.97. The number of guanidine groups is 1. The fourth-order valence-electron chi connectivity index (χ4n) is 4.88. The number of hydrogen-bond acceptors (Lipinski definition) is 6. The lowest BCUT2D eigenvalue weighted by molar-refractivity contribution is -0.140. The zero-order valence-electron chi connectivity index (χ0n) is 21.1. The Morgan fingerprint density at radius 1 is 1.11 bits per heavy atom. The Bertz CT molecular complexity index is 1310. The molecule has 2 aromatic heterocycles. The van der Waals surface area contributed by atoms with E-state index in [2.05, 4.69) is 15.6 Å². The number of aliphatic imine (C=N–C) groups is 1. The Hall–Kier alpha value is -4.08. The van der Waals surface area contributed by atoms with E-state index in [1.807, 2.05) is 36.1 Å². The van der Waals surface area contributed by atoms with Crippen LogP contribution in [0.15, 0.2) is 51.9 Å². The van der Waals surface area contributed by atoms with Gasteiger partial charge in [0.2, 0.25) is 17.8 Å². The Morgan fingerprint density at radius 3 is 2.73 bits per heavy atom. The number of hydrogen-bond donors (Lipinski definition) is 3. The Kier molecular flexibility index (Phi) is 7.25. The first kappa shape index (κ1) is 24.6. The maximum absolute atomic E-state index is 13.5. The maximum atomic E-state index is 13.5. The standard InChI is InChI=1S/C27H33N7O3/c1-18-15-19-16-20(10-11-22(19)37-18)29-27(32-24-9-6-8-23(28)31-24)30-21-7-2-3-14-34(26(21)36)17-25(35)33-12-4-5-13-33/h6,8-11,15-16,21H,2-5,7,12-14,17H2,1H3,(H4,28,29,30,31,32)/t21-/m0/s1. The van der Waals surface area contributed by atoms with Gasteiger partial charge in [0.05, 0.1) is 6.54 Å². The third-order valence-corrected chi connectivity index (χ3v) is 6.74. The zero-order chi connectivity index (χ0) is 25.8. The van der Waals surface area contributed by atoms with E-state index < -0.39 is 6.04 Å². The molecule has 0 aliphatic carbocycles. The van der Waals surface area contributed by atoms with Crippen molar-refractivity contribution in [1.82, 2.24) is 14.8 Å². The van der Waals surface area contributed by atoms with Crippen molar-refractivity contribution in [2.45, 2.75) is 45.1 Å². The highest BCUT2D eigenvalue weighted by Crippen LogP contribution is 2.23. The number of aryl methyl sites for hydroxylation is 1. The minimum absolute atomic E-state index is 0.0135. The molecule has 0 saturated carbocycles. The highest BCUT2D eigenvalue weighted by molar-refractivity contribution is 6.05. The highest BCUT2D eigenvalue weighted by Gasteiger charge is 2.30. The van der Waals surface area contributed by atoms with Crippen molar-refractivity contribution in [3.05, 3.63) is 48.2 Å². The van der Waals surface area contributed by atoms with E-state index in [0.717, 1.165) is 61.2 Å². The molecule has 0 spiro atoms. The van der Waals surface area contributed by atoms with Gasteiger partial charge in [-0.1, -0.05) is 6.07 Å². The molecule has 3 aromatic rings. The average Bonchev–Trinajstić information content (AvgIpc) is 3.50. The van der Waals surface area contributed by atoms with Gasteiger partial charge in [0.1, 0.15) is 29.0 Å². The molecule has 194 valence electrons. The van der Waals surface area contributed by atoms with Gasteiger partial charge < -0.3 is 30.6 Å². The van der Waals surface area contributed by atoms with Gasteiger partial charge in [-0.25, -0.2) is 9.98 Å². The summed E-state index contributed by atoms with van der Waals surface area (Å²) < 4.78 is 5.69. The van der Waals surface area contributed by atoms with Crippen molar-refractivity contribution in [3.8, 4) is 0 Å². The first-order chi connectivity index (χ1) is 17.9. The number of amides is 2. The van der Waals surface area contributed by atoms with Crippen LogP contribution in [0.3, 0.4) is 0 Å². The Labute approximate surface area is 215 Å². The minimum atomic E-state index is -0.621. The van der Waals surface area contributed by atoms with Crippen molar-refractivity contribution >= 4 is 46.1 Å². The van der Waals surface area contributed by atoms with Crippen molar-refractivity contribution < 1.29 is 14.0 Å². The third kappa shape index (κ3) is 6.02. The largest absolute Gasteiger partial charge is 0.461 e. The summed E-state index contributed by atoms with van der Waals surface area (Å²) in [6.07, 6.45) is 4.34. The smallest absolute Gasteiger partial charge is 0.247 e. The van der Waals surface area contributed by atoms with E-state index in [1.54, 1.807) is 23.1 Å². The van der Waals surface area contributed by atoms with Gasteiger partial charge in [-0.3, -0.25) is 9.59 Å². The molecule has 2 aliphatic heterocycles. The van der Waals surface area contributed by atoms with Crippen LogP contribution in [0.4, 0.5) is 17.3 Å². The van der Waals surface area contributed by atoms with E-state index in [0.29, 0.717) is 30.6 Å². The summed E-state index contributed by atoms with van der Waals surface area (Å²) in [4.78, 5) is 38.9.